The van der Waals surface area contributed by atoms with Crippen LogP contribution in [0.2, 0.25) is 5.02 Å². The third-order valence-corrected chi connectivity index (χ3v) is 4.34. The first-order valence-corrected chi connectivity index (χ1v) is 8.44. The summed E-state index contributed by atoms with van der Waals surface area (Å²) in [6, 6.07) is 8.32. The van der Waals surface area contributed by atoms with Gasteiger partial charge < -0.3 is 10.1 Å². The number of rotatable bonds is 5. The maximum absolute atomic E-state index is 13.3. The van der Waals surface area contributed by atoms with E-state index >= 15 is 0 Å². The number of carbonyl (C=O) groups excluding carboxylic acids is 1. The van der Waals surface area contributed by atoms with Crippen LogP contribution in [-0.2, 0) is 16.1 Å². The Morgan fingerprint density at radius 2 is 2.32 bits per heavy atom. The third-order valence-electron chi connectivity index (χ3n) is 4.05. The summed E-state index contributed by atoms with van der Waals surface area (Å²) in [6.07, 6.45) is 3.20. The molecule has 1 aromatic heterocycles. The van der Waals surface area contributed by atoms with Gasteiger partial charge in [-0.2, -0.15) is 0 Å². The molecule has 7 heteroatoms. The van der Waals surface area contributed by atoms with Crippen molar-refractivity contribution in [3.63, 3.8) is 0 Å². The monoisotopic (exact) mass is 363 g/mol. The summed E-state index contributed by atoms with van der Waals surface area (Å²) in [5.74, 6) is -0.505. The summed E-state index contributed by atoms with van der Waals surface area (Å²) in [5.41, 5.74) is 1.77. The van der Waals surface area contributed by atoms with Gasteiger partial charge in [0.2, 0.25) is 5.91 Å². The maximum atomic E-state index is 13.3. The van der Waals surface area contributed by atoms with Crippen LogP contribution in [0.1, 0.15) is 17.2 Å². The van der Waals surface area contributed by atoms with Crippen molar-refractivity contribution in [3.8, 4) is 0 Å². The molecule has 1 atom stereocenters. The minimum atomic E-state index is -0.451. The predicted molar refractivity (Wildman–Crippen MR) is 92.6 cm³/mol. The number of aromatic nitrogens is 1. The molecular formula is C18H19ClFN3O2. The van der Waals surface area contributed by atoms with Gasteiger partial charge in [-0.05, 0) is 29.3 Å². The smallest absolute Gasteiger partial charge is 0.234 e. The van der Waals surface area contributed by atoms with Crippen molar-refractivity contribution in [3.05, 3.63) is 64.7 Å². The topological polar surface area (TPSA) is 54.5 Å². The highest BCUT2D eigenvalue weighted by Gasteiger charge is 2.24. The number of amides is 1. The van der Waals surface area contributed by atoms with E-state index in [1.807, 2.05) is 17.0 Å². The van der Waals surface area contributed by atoms with E-state index in [0.717, 1.165) is 11.1 Å². The molecule has 2 aromatic rings. The van der Waals surface area contributed by atoms with Crippen molar-refractivity contribution in [1.29, 1.82) is 0 Å². The first-order chi connectivity index (χ1) is 12.1. The Hall–Kier alpha value is -2.02. The van der Waals surface area contributed by atoms with Crippen LogP contribution in [0.15, 0.2) is 42.7 Å². The molecule has 0 saturated carbocycles. The van der Waals surface area contributed by atoms with Crippen LogP contribution in [0.25, 0.3) is 0 Å². The fourth-order valence-corrected chi connectivity index (χ4v) is 2.91. The number of nitrogens with zero attached hydrogens (tertiary/aromatic N) is 2. The Kier molecular flexibility index (Phi) is 5.96. The molecule has 1 aromatic carbocycles. The molecule has 1 aliphatic heterocycles. The van der Waals surface area contributed by atoms with E-state index < -0.39 is 5.82 Å². The van der Waals surface area contributed by atoms with Crippen LogP contribution < -0.4 is 5.32 Å². The van der Waals surface area contributed by atoms with Crippen LogP contribution in [0.5, 0.6) is 0 Å². The molecule has 132 valence electrons. The molecule has 1 unspecified atom stereocenters. The van der Waals surface area contributed by atoms with E-state index in [1.165, 1.54) is 6.07 Å². The summed E-state index contributed by atoms with van der Waals surface area (Å²) in [7, 11) is 0. The number of carbonyl (C=O) groups is 1. The Bertz CT molecular complexity index is 730. The Morgan fingerprint density at radius 3 is 3.08 bits per heavy atom. The highest BCUT2D eigenvalue weighted by Crippen LogP contribution is 2.26. The normalized spacial score (nSPS) is 18.1. The predicted octanol–water partition coefficient (Wildman–Crippen LogP) is 2.56. The zero-order valence-electron chi connectivity index (χ0n) is 13.6. The molecule has 3 rings (SSSR count). The first-order valence-electron chi connectivity index (χ1n) is 8.06. The lowest BCUT2D eigenvalue weighted by atomic mass is 10.1. The van der Waals surface area contributed by atoms with Crippen molar-refractivity contribution in [2.24, 2.45) is 0 Å². The second kappa shape index (κ2) is 8.38. The summed E-state index contributed by atoms with van der Waals surface area (Å²) in [5, 5.41) is 2.96. The number of ether oxygens (including phenoxy) is 1. The molecule has 2 heterocycles. The second-order valence-electron chi connectivity index (χ2n) is 5.91. The number of benzene rings is 1. The molecule has 0 aliphatic carbocycles. The van der Waals surface area contributed by atoms with Crippen LogP contribution in [0, 0.1) is 5.82 Å². The molecule has 1 saturated heterocycles. The van der Waals surface area contributed by atoms with Gasteiger partial charge in [0.25, 0.3) is 0 Å². The lowest BCUT2D eigenvalue weighted by Crippen LogP contribution is -2.44. The Balaban J connectivity index is 1.52. The molecule has 0 spiro atoms. The molecule has 0 bridgehead atoms. The Morgan fingerprint density at radius 1 is 1.44 bits per heavy atom. The van der Waals surface area contributed by atoms with Crippen LogP contribution in [-0.4, -0.2) is 42.0 Å². The summed E-state index contributed by atoms with van der Waals surface area (Å²) >= 11 is 5.84. The van der Waals surface area contributed by atoms with Crippen molar-refractivity contribution in [1.82, 2.24) is 15.2 Å². The molecule has 1 amide bonds. The van der Waals surface area contributed by atoms with E-state index in [9.17, 15) is 9.18 Å². The Labute approximate surface area is 150 Å². The van der Waals surface area contributed by atoms with Crippen LogP contribution in [0.3, 0.4) is 0 Å². The van der Waals surface area contributed by atoms with Crippen molar-refractivity contribution >= 4 is 17.5 Å². The van der Waals surface area contributed by atoms with E-state index in [1.54, 1.807) is 24.5 Å². The number of hydrogen-bond acceptors (Lipinski definition) is 4. The standard InChI is InChI=1S/C18H19ClFN3O2/c19-15-8-14(3-4-16(15)20)17-11-23(6-7-25-17)12-18(24)22-10-13-2-1-5-21-9-13/h1-5,8-9,17H,6-7,10-12H2,(H,22,24). The van der Waals surface area contributed by atoms with E-state index in [4.69, 9.17) is 16.3 Å². The molecule has 25 heavy (non-hydrogen) atoms. The third kappa shape index (κ3) is 4.98. The molecule has 5 nitrogen and oxygen atoms in total. The van der Waals surface area contributed by atoms with Gasteiger partial charge in [-0.15, -0.1) is 0 Å². The van der Waals surface area contributed by atoms with E-state index in [-0.39, 0.29) is 23.6 Å². The SMILES string of the molecule is O=C(CN1CCOC(c2ccc(F)c(Cl)c2)C1)NCc1cccnc1. The largest absolute Gasteiger partial charge is 0.371 e. The minimum absolute atomic E-state index is 0.0540. The van der Waals surface area contributed by atoms with Crippen molar-refractivity contribution in [2.75, 3.05) is 26.2 Å². The van der Waals surface area contributed by atoms with Gasteiger partial charge in [0.05, 0.1) is 24.3 Å². The van der Waals surface area contributed by atoms with Crippen LogP contribution >= 0.6 is 11.6 Å². The maximum Gasteiger partial charge on any atom is 0.234 e. The lowest BCUT2D eigenvalue weighted by molar-refractivity contribution is -0.124. The number of halogens is 2. The minimum Gasteiger partial charge on any atom is -0.371 e. The van der Waals surface area contributed by atoms with Gasteiger partial charge in [0.15, 0.2) is 0 Å². The highest BCUT2D eigenvalue weighted by molar-refractivity contribution is 6.30. The highest BCUT2D eigenvalue weighted by atomic mass is 35.5. The quantitative estimate of drug-likeness (QED) is 0.887. The lowest BCUT2D eigenvalue weighted by Gasteiger charge is -2.32. The van der Waals surface area contributed by atoms with Crippen LogP contribution in [0.4, 0.5) is 4.39 Å². The van der Waals surface area contributed by atoms with Crippen molar-refractivity contribution < 1.29 is 13.9 Å². The second-order valence-corrected chi connectivity index (χ2v) is 6.31. The fourth-order valence-electron chi connectivity index (χ4n) is 2.72. The molecule has 1 fully saturated rings. The van der Waals surface area contributed by atoms with Gasteiger partial charge in [-0.25, -0.2) is 4.39 Å². The summed E-state index contributed by atoms with van der Waals surface area (Å²) < 4.78 is 19.0. The molecule has 1 aliphatic rings. The van der Waals surface area contributed by atoms with Gasteiger partial charge >= 0.3 is 0 Å². The zero-order chi connectivity index (χ0) is 17.6. The zero-order valence-corrected chi connectivity index (χ0v) is 14.4. The van der Waals surface area contributed by atoms with Gasteiger partial charge in [-0.3, -0.25) is 14.7 Å². The van der Waals surface area contributed by atoms with E-state index in [0.29, 0.717) is 26.2 Å². The number of pyridine rings is 1. The molecule has 0 radical (unpaired) electrons. The molecular weight excluding hydrogens is 345 g/mol. The fraction of sp³-hybridized carbons (Fsp3) is 0.333. The first kappa shape index (κ1) is 17.8. The van der Waals surface area contributed by atoms with Gasteiger partial charge in [0.1, 0.15) is 5.82 Å². The van der Waals surface area contributed by atoms with Gasteiger partial charge in [0, 0.05) is 32.0 Å². The molecule has 1 N–H and O–H groups in total. The summed E-state index contributed by atoms with van der Waals surface area (Å²) in [4.78, 5) is 18.2. The van der Waals surface area contributed by atoms with E-state index in [2.05, 4.69) is 10.3 Å². The van der Waals surface area contributed by atoms with Gasteiger partial charge in [-0.1, -0.05) is 23.7 Å². The average molecular weight is 364 g/mol. The van der Waals surface area contributed by atoms with Crippen molar-refractivity contribution in [2.45, 2.75) is 12.6 Å². The number of morpholine rings is 1. The number of hydrogen-bond donors (Lipinski definition) is 1. The number of nitrogens with one attached hydrogen (secondary N) is 1. The summed E-state index contributed by atoms with van der Waals surface area (Å²) in [6.45, 7) is 2.48. The average Bonchev–Trinajstić information content (AvgIpc) is 2.63.